The van der Waals surface area contributed by atoms with E-state index < -0.39 is 0 Å². The van der Waals surface area contributed by atoms with Crippen LogP contribution in [0.15, 0.2) is 36.7 Å². The molecule has 0 aliphatic carbocycles. The Balaban J connectivity index is 1.87. The fourth-order valence-corrected chi connectivity index (χ4v) is 2.48. The van der Waals surface area contributed by atoms with Crippen molar-refractivity contribution in [1.29, 1.82) is 0 Å². The highest BCUT2D eigenvalue weighted by atomic mass is 15.0. The summed E-state index contributed by atoms with van der Waals surface area (Å²) >= 11 is 0. The normalized spacial score (nSPS) is 19.7. The Morgan fingerprint density at radius 2 is 2.12 bits per heavy atom. The van der Waals surface area contributed by atoms with Crippen molar-refractivity contribution in [3.05, 3.63) is 42.2 Å². The average Bonchev–Trinajstić information content (AvgIpc) is 3.00. The first-order valence-electron chi connectivity index (χ1n) is 6.15. The molecule has 0 radical (unpaired) electrons. The largest absolute Gasteiger partial charge is 0.334 e. The van der Waals surface area contributed by atoms with E-state index in [4.69, 9.17) is 0 Å². The standard InChI is InChI=1S/C14H17N3/c1-17-10-9-16-14(17)12-6-4-11(5-7-12)13-3-2-8-15-13/h4-7,9-10,13,15H,2-3,8H2,1H3. The molecule has 1 aliphatic rings. The second kappa shape index (κ2) is 4.34. The molecule has 2 heterocycles. The van der Waals surface area contributed by atoms with Crippen molar-refractivity contribution in [3.8, 4) is 11.4 Å². The molecule has 88 valence electrons. The fourth-order valence-electron chi connectivity index (χ4n) is 2.48. The van der Waals surface area contributed by atoms with Crippen molar-refractivity contribution in [3.63, 3.8) is 0 Å². The van der Waals surface area contributed by atoms with Gasteiger partial charge in [0.05, 0.1) is 0 Å². The third-order valence-corrected chi connectivity index (χ3v) is 3.45. The number of hydrogen-bond donors (Lipinski definition) is 1. The van der Waals surface area contributed by atoms with Crippen LogP contribution in [0, 0.1) is 0 Å². The van der Waals surface area contributed by atoms with Crippen molar-refractivity contribution in [2.75, 3.05) is 6.54 Å². The molecule has 0 saturated carbocycles. The highest BCUT2D eigenvalue weighted by molar-refractivity contribution is 5.56. The van der Waals surface area contributed by atoms with Gasteiger partial charge in [-0.05, 0) is 24.9 Å². The molecule has 1 aromatic carbocycles. The van der Waals surface area contributed by atoms with Crippen LogP contribution >= 0.6 is 0 Å². The molecule has 1 N–H and O–H groups in total. The van der Waals surface area contributed by atoms with E-state index in [2.05, 4.69) is 34.6 Å². The van der Waals surface area contributed by atoms with Crippen LogP contribution in [0.4, 0.5) is 0 Å². The van der Waals surface area contributed by atoms with Gasteiger partial charge in [-0.2, -0.15) is 0 Å². The molecule has 1 unspecified atom stereocenters. The topological polar surface area (TPSA) is 29.9 Å². The number of hydrogen-bond acceptors (Lipinski definition) is 2. The van der Waals surface area contributed by atoms with Gasteiger partial charge in [-0.25, -0.2) is 4.98 Å². The minimum Gasteiger partial charge on any atom is -0.334 e. The summed E-state index contributed by atoms with van der Waals surface area (Å²) in [6.07, 6.45) is 6.34. The van der Waals surface area contributed by atoms with Gasteiger partial charge >= 0.3 is 0 Å². The maximum atomic E-state index is 4.36. The quantitative estimate of drug-likeness (QED) is 0.854. The molecule has 1 fully saturated rings. The van der Waals surface area contributed by atoms with Gasteiger partial charge in [-0.3, -0.25) is 0 Å². The van der Waals surface area contributed by atoms with Crippen molar-refractivity contribution >= 4 is 0 Å². The first kappa shape index (κ1) is 10.5. The molecule has 3 heteroatoms. The van der Waals surface area contributed by atoms with Crippen molar-refractivity contribution in [2.45, 2.75) is 18.9 Å². The fraction of sp³-hybridized carbons (Fsp3) is 0.357. The van der Waals surface area contributed by atoms with Gasteiger partial charge in [-0.1, -0.05) is 24.3 Å². The predicted molar refractivity (Wildman–Crippen MR) is 68.6 cm³/mol. The third-order valence-electron chi connectivity index (χ3n) is 3.45. The van der Waals surface area contributed by atoms with Crippen molar-refractivity contribution in [2.24, 2.45) is 7.05 Å². The van der Waals surface area contributed by atoms with Gasteiger partial charge in [-0.15, -0.1) is 0 Å². The first-order valence-corrected chi connectivity index (χ1v) is 6.15. The van der Waals surface area contributed by atoms with Crippen LogP contribution in [0.1, 0.15) is 24.4 Å². The lowest BCUT2D eigenvalue weighted by Crippen LogP contribution is -2.12. The summed E-state index contributed by atoms with van der Waals surface area (Å²) in [5.74, 6) is 1.02. The molecule has 2 aromatic rings. The summed E-state index contributed by atoms with van der Waals surface area (Å²) in [6.45, 7) is 1.14. The minimum absolute atomic E-state index is 0.547. The molecule has 1 atom stereocenters. The van der Waals surface area contributed by atoms with Gasteiger partial charge in [0.15, 0.2) is 0 Å². The van der Waals surface area contributed by atoms with E-state index >= 15 is 0 Å². The third kappa shape index (κ3) is 1.98. The number of benzene rings is 1. The number of imidazole rings is 1. The van der Waals surface area contributed by atoms with Crippen molar-refractivity contribution in [1.82, 2.24) is 14.9 Å². The van der Waals surface area contributed by atoms with Crippen LogP contribution in [0.5, 0.6) is 0 Å². The molecule has 1 saturated heterocycles. The van der Waals surface area contributed by atoms with Gasteiger partial charge in [0.25, 0.3) is 0 Å². The average molecular weight is 227 g/mol. The maximum absolute atomic E-state index is 4.36. The van der Waals surface area contributed by atoms with Crippen LogP contribution in [-0.4, -0.2) is 16.1 Å². The van der Waals surface area contributed by atoms with Gasteiger partial charge in [0, 0.05) is 31.0 Å². The summed E-state index contributed by atoms with van der Waals surface area (Å²) < 4.78 is 2.04. The van der Waals surface area contributed by atoms with E-state index in [0.29, 0.717) is 6.04 Å². The highest BCUT2D eigenvalue weighted by Gasteiger charge is 2.15. The molecular formula is C14H17N3. The Hall–Kier alpha value is -1.61. The smallest absolute Gasteiger partial charge is 0.139 e. The maximum Gasteiger partial charge on any atom is 0.139 e. The zero-order valence-corrected chi connectivity index (χ0v) is 10.1. The van der Waals surface area contributed by atoms with Crippen LogP contribution in [0.25, 0.3) is 11.4 Å². The number of nitrogens with one attached hydrogen (secondary N) is 1. The van der Waals surface area contributed by atoms with Crippen LogP contribution < -0.4 is 5.32 Å². The van der Waals surface area contributed by atoms with E-state index in [9.17, 15) is 0 Å². The minimum atomic E-state index is 0.547. The van der Waals surface area contributed by atoms with E-state index in [0.717, 1.165) is 12.4 Å². The molecule has 1 aromatic heterocycles. The number of aromatic nitrogens is 2. The van der Waals surface area contributed by atoms with Crippen LogP contribution in [0.2, 0.25) is 0 Å². The molecule has 17 heavy (non-hydrogen) atoms. The summed E-state index contributed by atoms with van der Waals surface area (Å²) in [4.78, 5) is 4.36. The zero-order chi connectivity index (χ0) is 11.7. The Morgan fingerprint density at radius 3 is 2.71 bits per heavy atom. The summed E-state index contributed by atoms with van der Waals surface area (Å²) in [6, 6.07) is 9.31. The lowest BCUT2D eigenvalue weighted by molar-refractivity contribution is 0.648. The molecule has 0 bridgehead atoms. The summed E-state index contributed by atoms with van der Waals surface area (Å²) in [5.41, 5.74) is 2.57. The number of nitrogens with zero attached hydrogens (tertiary/aromatic N) is 2. The second-order valence-corrected chi connectivity index (χ2v) is 4.63. The summed E-state index contributed by atoms with van der Waals surface area (Å²) in [5, 5.41) is 3.52. The number of aryl methyl sites for hydroxylation is 1. The Labute approximate surface area is 101 Å². The van der Waals surface area contributed by atoms with Gasteiger partial charge < -0.3 is 9.88 Å². The Bertz CT molecular complexity index is 492. The molecule has 1 aliphatic heterocycles. The second-order valence-electron chi connectivity index (χ2n) is 4.63. The number of rotatable bonds is 2. The van der Waals surface area contributed by atoms with E-state index in [1.54, 1.807) is 0 Å². The van der Waals surface area contributed by atoms with Gasteiger partial charge in [0.1, 0.15) is 5.82 Å². The van der Waals surface area contributed by atoms with E-state index in [1.165, 1.54) is 24.0 Å². The molecular weight excluding hydrogens is 210 g/mol. The molecule has 0 amide bonds. The van der Waals surface area contributed by atoms with Crippen molar-refractivity contribution < 1.29 is 0 Å². The SMILES string of the molecule is Cn1ccnc1-c1ccc(C2CCCN2)cc1. The molecule has 3 nitrogen and oxygen atoms in total. The first-order chi connectivity index (χ1) is 8.34. The van der Waals surface area contributed by atoms with E-state index in [-0.39, 0.29) is 0 Å². The summed E-state index contributed by atoms with van der Waals surface area (Å²) in [7, 11) is 2.02. The van der Waals surface area contributed by atoms with Gasteiger partial charge in [0.2, 0.25) is 0 Å². The monoisotopic (exact) mass is 227 g/mol. The Kier molecular flexibility index (Phi) is 2.69. The van der Waals surface area contributed by atoms with Crippen LogP contribution in [0.3, 0.4) is 0 Å². The molecule has 0 spiro atoms. The lowest BCUT2D eigenvalue weighted by Gasteiger charge is -2.11. The highest BCUT2D eigenvalue weighted by Crippen LogP contribution is 2.25. The lowest BCUT2D eigenvalue weighted by atomic mass is 10.0. The zero-order valence-electron chi connectivity index (χ0n) is 10.1. The molecule has 3 rings (SSSR count). The predicted octanol–water partition coefficient (Wildman–Crippen LogP) is 2.51. The van der Waals surface area contributed by atoms with Crippen LogP contribution in [-0.2, 0) is 7.05 Å². The van der Waals surface area contributed by atoms with E-state index in [1.807, 2.05) is 24.0 Å². The Morgan fingerprint density at radius 1 is 1.29 bits per heavy atom.